The van der Waals surface area contributed by atoms with Gasteiger partial charge in [-0.2, -0.15) is 10.4 Å². The van der Waals surface area contributed by atoms with E-state index in [1.54, 1.807) is 28.9 Å². The minimum atomic E-state index is -0.139. The van der Waals surface area contributed by atoms with Crippen molar-refractivity contribution >= 4 is 50.7 Å². The Bertz CT molecular complexity index is 999. The Balaban J connectivity index is 1.66. The molecule has 1 saturated heterocycles. The van der Waals surface area contributed by atoms with Crippen LogP contribution in [0.25, 0.3) is 0 Å². The van der Waals surface area contributed by atoms with Crippen LogP contribution in [0, 0.1) is 11.3 Å². The van der Waals surface area contributed by atoms with Crippen molar-refractivity contribution in [2.45, 2.75) is 51.6 Å². The molecule has 10 heteroatoms. The molecule has 0 radical (unpaired) electrons. The number of aromatic nitrogens is 2. The molecular formula is C21H25BrClN5O2S. The molecule has 1 fully saturated rings. The van der Waals surface area contributed by atoms with Crippen molar-refractivity contribution in [1.29, 1.82) is 5.26 Å². The first-order valence-electron chi connectivity index (χ1n) is 10.3. The molecule has 7 nitrogen and oxygen atoms in total. The van der Waals surface area contributed by atoms with E-state index in [1.165, 1.54) is 11.3 Å². The summed E-state index contributed by atoms with van der Waals surface area (Å²) < 4.78 is 2.36. The summed E-state index contributed by atoms with van der Waals surface area (Å²) in [4.78, 5) is 30.4. The van der Waals surface area contributed by atoms with Gasteiger partial charge in [0.05, 0.1) is 9.90 Å². The number of thiophene rings is 1. The number of piperidine rings is 1. The van der Waals surface area contributed by atoms with Crippen molar-refractivity contribution in [2.75, 3.05) is 20.1 Å². The van der Waals surface area contributed by atoms with Gasteiger partial charge in [-0.15, -0.1) is 11.3 Å². The van der Waals surface area contributed by atoms with Crippen LogP contribution in [0.3, 0.4) is 0 Å². The number of rotatable bonds is 7. The lowest BCUT2D eigenvalue weighted by Crippen LogP contribution is -2.45. The van der Waals surface area contributed by atoms with Gasteiger partial charge in [0.1, 0.15) is 10.9 Å². The highest BCUT2D eigenvalue weighted by Crippen LogP contribution is 2.28. The van der Waals surface area contributed by atoms with Gasteiger partial charge in [0, 0.05) is 43.4 Å². The molecule has 1 atom stereocenters. The van der Waals surface area contributed by atoms with E-state index < -0.39 is 0 Å². The van der Waals surface area contributed by atoms with Gasteiger partial charge in [0.25, 0.3) is 11.8 Å². The minimum absolute atomic E-state index is 0.0358. The van der Waals surface area contributed by atoms with Gasteiger partial charge < -0.3 is 9.80 Å². The smallest absolute Gasteiger partial charge is 0.276 e. The topological polar surface area (TPSA) is 82.2 Å². The number of likely N-dealkylation sites (tertiary alicyclic amines) is 1. The maximum Gasteiger partial charge on any atom is 0.276 e. The predicted molar refractivity (Wildman–Crippen MR) is 125 cm³/mol. The molecule has 0 aliphatic carbocycles. The highest BCUT2D eigenvalue weighted by molar-refractivity contribution is 9.10. The van der Waals surface area contributed by atoms with Gasteiger partial charge in [-0.3, -0.25) is 14.3 Å². The minimum Gasteiger partial charge on any atom is -0.341 e. The highest BCUT2D eigenvalue weighted by atomic mass is 79.9. The Morgan fingerprint density at radius 1 is 1.45 bits per heavy atom. The van der Waals surface area contributed by atoms with E-state index in [2.05, 4.69) is 27.1 Å². The van der Waals surface area contributed by atoms with Crippen LogP contribution in [0.1, 0.15) is 64.1 Å². The maximum atomic E-state index is 13.2. The summed E-state index contributed by atoms with van der Waals surface area (Å²) in [6.07, 6.45) is 6.19. The summed E-state index contributed by atoms with van der Waals surface area (Å²) in [5.41, 5.74) is 0.305. The Hall–Kier alpha value is -1.89. The van der Waals surface area contributed by atoms with E-state index in [0.717, 1.165) is 32.2 Å². The average Bonchev–Trinajstić information content (AvgIpc) is 3.33. The molecule has 0 saturated carbocycles. The fourth-order valence-electron chi connectivity index (χ4n) is 3.77. The Labute approximate surface area is 199 Å². The molecule has 2 aromatic heterocycles. The second-order valence-corrected chi connectivity index (χ2v) is 9.97. The predicted octanol–water partition coefficient (Wildman–Crippen LogP) is 4.80. The van der Waals surface area contributed by atoms with E-state index in [4.69, 9.17) is 16.9 Å². The zero-order chi connectivity index (χ0) is 22.5. The molecule has 2 aromatic rings. The number of carbonyl (C=O) groups is 2. The molecule has 0 bridgehead atoms. The molecule has 1 aliphatic rings. The van der Waals surface area contributed by atoms with Crippen molar-refractivity contribution in [1.82, 2.24) is 19.6 Å². The second kappa shape index (κ2) is 10.6. The molecule has 0 aromatic carbocycles. The standard InChI is InChI=1S/C21H25BrClN5O2S/c1-3-8-27-13-16(23)19(25-27)21(30)28-9-5-4-6-14(28)7-10-26(2)20(29)17-11-15(22)18(12-24)31-17/h11,13-14H,3-10H2,1-2H3. The van der Waals surface area contributed by atoms with Crippen molar-refractivity contribution in [2.24, 2.45) is 0 Å². The van der Waals surface area contributed by atoms with Crippen LogP contribution in [0.15, 0.2) is 16.7 Å². The van der Waals surface area contributed by atoms with E-state index in [9.17, 15) is 9.59 Å². The fourth-order valence-corrected chi connectivity index (χ4v) is 5.56. The molecule has 31 heavy (non-hydrogen) atoms. The van der Waals surface area contributed by atoms with Crippen molar-refractivity contribution in [3.05, 3.63) is 37.2 Å². The molecule has 3 rings (SSSR count). The molecule has 0 N–H and O–H groups in total. The third kappa shape index (κ3) is 5.48. The van der Waals surface area contributed by atoms with Gasteiger partial charge in [0.15, 0.2) is 5.69 Å². The molecular weight excluding hydrogens is 502 g/mol. The lowest BCUT2D eigenvalue weighted by Gasteiger charge is -2.36. The van der Waals surface area contributed by atoms with E-state index in [0.29, 0.717) is 44.5 Å². The first-order valence-corrected chi connectivity index (χ1v) is 12.3. The molecule has 3 heterocycles. The van der Waals surface area contributed by atoms with Crippen molar-refractivity contribution in [3.8, 4) is 6.07 Å². The van der Waals surface area contributed by atoms with E-state index in [1.807, 2.05) is 11.8 Å². The first-order chi connectivity index (χ1) is 14.8. The van der Waals surface area contributed by atoms with Gasteiger partial charge in [-0.05, 0) is 54.1 Å². The van der Waals surface area contributed by atoms with E-state index in [-0.39, 0.29) is 17.9 Å². The van der Waals surface area contributed by atoms with Gasteiger partial charge in [-0.25, -0.2) is 0 Å². The number of hydrogen-bond acceptors (Lipinski definition) is 5. The number of hydrogen-bond donors (Lipinski definition) is 0. The quantitative estimate of drug-likeness (QED) is 0.519. The zero-order valence-electron chi connectivity index (χ0n) is 17.6. The van der Waals surface area contributed by atoms with Crippen molar-refractivity contribution in [3.63, 3.8) is 0 Å². The lowest BCUT2D eigenvalue weighted by atomic mass is 9.98. The number of amides is 2. The van der Waals surface area contributed by atoms with Crippen LogP contribution >= 0.6 is 38.9 Å². The monoisotopic (exact) mass is 525 g/mol. The summed E-state index contributed by atoms with van der Waals surface area (Å²) in [7, 11) is 1.75. The molecule has 1 unspecified atom stereocenters. The maximum absolute atomic E-state index is 13.2. The van der Waals surface area contributed by atoms with Crippen LogP contribution in [0.4, 0.5) is 0 Å². The highest BCUT2D eigenvalue weighted by Gasteiger charge is 2.31. The average molecular weight is 527 g/mol. The Morgan fingerprint density at radius 3 is 2.90 bits per heavy atom. The third-order valence-electron chi connectivity index (χ3n) is 5.40. The third-order valence-corrected chi connectivity index (χ3v) is 7.60. The van der Waals surface area contributed by atoms with Crippen molar-refractivity contribution < 1.29 is 9.59 Å². The van der Waals surface area contributed by atoms with Gasteiger partial charge in [0.2, 0.25) is 0 Å². The summed E-state index contributed by atoms with van der Waals surface area (Å²) in [6, 6.07) is 3.80. The van der Waals surface area contributed by atoms with Gasteiger partial charge in [-0.1, -0.05) is 18.5 Å². The SMILES string of the molecule is CCCn1cc(Cl)c(C(=O)N2CCCCC2CCN(C)C(=O)c2cc(Br)c(C#N)s2)n1. The largest absolute Gasteiger partial charge is 0.341 e. The molecule has 1 aliphatic heterocycles. The molecule has 0 spiro atoms. The number of nitrogens with zero attached hydrogens (tertiary/aromatic N) is 5. The van der Waals surface area contributed by atoms with Crippen LogP contribution < -0.4 is 0 Å². The van der Waals surface area contributed by atoms with Crippen LogP contribution in [-0.2, 0) is 6.54 Å². The summed E-state index contributed by atoms with van der Waals surface area (Å²) in [5.74, 6) is -0.262. The fraction of sp³-hybridized carbons (Fsp3) is 0.524. The van der Waals surface area contributed by atoms with Crippen LogP contribution in [-0.4, -0.2) is 57.6 Å². The number of aryl methyl sites for hydroxylation is 1. The Morgan fingerprint density at radius 2 is 2.23 bits per heavy atom. The second-order valence-electron chi connectivity index (χ2n) is 7.65. The summed E-state index contributed by atoms with van der Waals surface area (Å²) in [6.45, 7) is 3.95. The normalized spacial score (nSPS) is 16.2. The zero-order valence-corrected chi connectivity index (χ0v) is 20.8. The number of nitriles is 1. The van der Waals surface area contributed by atoms with E-state index >= 15 is 0 Å². The van der Waals surface area contributed by atoms with Crippen LogP contribution in [0.5, 0.6) is 0 Å². The number of halogens is 2. The first kappa shape index (κ1) is 23.8. The summed E-state index contributed by atoms with van der Waals surface area (Å²) >= 11 is 10.8. The van der Waals surface area contributed by atoms with Crippen LogP contribution in [0.2, 0.25) is 5.02 Å². The number of carbonyl (C=O) groups excluding carboxylic acids is 2. The van der Waals surface area contributed by atoms with Gasteiger partial charge >= 0.3 is 0 Å². The Kier molecular flexibility index (Phi) is 8.14. The molecule has 2 amide bonds. The lowest BCUT2D eigenvalue weighted by molar-refractivity contribution is 0.0573. The molecule has 166 valence electrons. The summed E-state index contributed by atoms with van der Waals surface area (Å²) in [5, 5.41) is 13.9.